The molecule has 0 aliphatic rings. The maximum Gasteiger partial charge on any atom is 0.227 e. The second-order valence-electron chi connectivity index (χ2n) is 31.4. The Bertz CT molecular complexity index is 6880. The molecular weight excluding hydrogens is 1480 g/mol. The van der Waals surface area contributed by atoms with Gasteiger partial charge < -0.3 is 22.1 Å². The average Bonchev–Trinajstić information content (AvgIpc) is 1.63. The topological polar surface area (TPSA) is 150 Å². The zero-order valence-electron chi connectivity index (χ0n) is 85.0. The van der Waals surface area contributed by atoms with Crippen LogP contribution in [-0.2, 0) is 35.2 Å². The molecule has 0 spiro atoms. The molecule has 5 atom stereocenters. The Labute approximate surface area is 721 Å². The van der Waals surface area contributed by atoms with Gasteiger partial charge in [-0.05, 0) is 177 Å². The lowest BCUT2D eigenvalue weighted by Gasteiger charge is -2.08. The van der Waals surface area contributed by atoms with E-state index in [0.717, 1.165) is 216 Å². The van der Waals surface area contributed by atoms with Crippen LogP contribution in [0.5, 0.6) is 0 Å². The van der Waals surface area contributed by atoms with Crippen LogP contribution in [0.3, 0.4) is 0 Å². The van der Waals surface area contributed by atoms with E-state index in [-0.39, 0.29) is 0 Å². The van der Waals surface area contributed by atoms with Crippen LogP contribution in [0.2, 0.25) is 0 Å². The maximum atomic E-state index is 7.67. The predicted molar refractivity (Wildman–Crippen MR) is 485 cm³/mol. The third-order valence-corrected chi connectivity index (χ3v) is 22.7. The highest BCUT2D eigenvalue weighted by Crippen LogP contribution is 2.43. The van der Waals surface area contributed by atoms with E-state index in [4.69, 9.17) is 42.6 Å². The lowest BCUT2D eigenvalue weighted by atomic mass is 9.99. The molecule has 0 bridgehead atoms. The number of nitrogens with zero attached hydrogens (tertiary/aromatic N) is 10. The van der Waals surface area contributed by atoms with Crippen LogP contribution in [0.4, 0.5) is 0 Å². The summed E-state index contributed by atoms with van der Waals surface area (Å²) in [5.74, 6) is -2.61. The first-order chi connectivity index (χ1) is 63.8. The zero-order valence-corrected chi connectivity index (χ0v) is 70.0. The van der Waals surface area contributed by atoms with E-state index in [1.54, 1.807) is 65.6 Å². The summed E-state index contributed by atoms with van der Waals surface area (Å²) in [6.45, 7) is 8.80. The van der Waals surface area contributed by atoms with E-state index in [2.05, 4.69) is 81.2 Å². The Balaban J connectivity index is 0.000000123. The highest BCUT2D eigenvalue weighted by atomic mass is 16.3. The molecule has 15 heteroatoms. The third kappa shape index (κ3) is 15.2. The van der Waals surface area contributed by atoms with Crippen molar-refractivity contribution < 1.29 is 65.5 Å². The van der Waals surface area contributed by atoms with Gasteiger partial charge in [0.15, 0.2) is 58.9 Å². The molecule has 5 unspecified atom stereocenters. The van der Waals surface area contributed by atoms with Crippen LogP contribution in [0.1, 0.15) is 175 Å². The van der Waals surface area contributed by atoms with E-state index in [1.165, 1.54) is 0 Å². The summed E-state index contributed by atoms with van der Waals surface area (Å²) in [6.07, 6.45) is 21.9. The van der Waals surface area contributed by atoms with Gasteiger partial charge in [0.25, 0.3) is 0 Å². The lowest BCUT2D eigenvalue weighted by Crippen LogP contribution is -2.31. The zero-order chi connectivity index (χ0) is 96.7. The number of para-hydroxylation sites is 1. The SMILES string of the molecule is [2H]C([2H])([2H])C(C)c1ccc(-c2c(C)ccc3c2oc2cccnc23)[n+](C)c1.[2H]C([2H])([2H])C(C)c1ccc(-c2c(C)ccc3c2oc2ccncc23)[n+](C)c1.[2H]C([2H])([2H])C(C)c1ccc(-c2c(C)ccc3c2oc2cnccc23)[n+](C)c1.[2H]C([2H])([2H])C(C)c1ccc(-c2c(C)ccc3c2oc2ncccc23)[n+](C)c1.[2H]C([2H])([2H])C(C)c1ccc(-c2c(C)cnc3c2oc2ccccc23)[n+](C)c1. The number of hydrogen-bond acceptors (Lipinski definition) is 10. The van der Waals surface area contributed by atoms with Crippen molar-refractivity contribution in [3.05, 3.63) is 300 Å². The van der Waals surface area contributed by atoms with Crippen molar-refractivity contribution in [1.29, 1.82) is 0 Å². The molecule has 0 fully saturated rings. The van der Waals surface area contributed by atoms with Gasteiger partial charge in [-0.3, -0.25) is 19.9 Å². The fourth-order valence-corrected chi connectivity index (χ4v) is 16.2. The van der Waals surface area contributed by atoms with Crippen molar-refractivity contribution in [2.75, 3.05) is 0 Å². The number of hydrogen-bond donors (Lipinski definition) is 0. The third-order valence-electron chi connectivity index (χ3n) is 22.7. The Morgan fingerprint density at radius 2 is 0.633 bits per heavy atom. The Kier molecular flexibility index (Phi) is 17.6. The molecule has 0 radical (unpaired) electrons. The number of benzene rings is 5. The van der Waals surface area contributed by atoms with Crippen LogP contribution in [0.25, 0.3) is 166 Å². The molecule has 0 aliphatic carbocycles. The first-order valence-electron chi connectivity index (χ1n) is 47.7. The van der Waals surface area contributed by atoms with E-state index in [0.29, 0.717) is 5.71 Å². The number of pyridine rings is 10. The molecule has 15 nitrogen and oxygen atoms in total. The van der Waals surface area contributed by atoms with E-state index in [9.17, 15) is 0 Å². The van der Waals surface area contributed by atoms with E-state index in [1.807, 2.05) is 250 Å². The summed E-state index contributed by atoms with van der Waals surface area (Å²) in [5, 5.41) is 8.09. The van der Waals surface area contributed by atoms with Gasteiger partial charge in [0.1, 0.15) is 68.6 Å². The number of rotatable bonds is 10. The van der Waals surface area contributed by atoms with Crippen LogP contribution in [0.15, 0.2) is 266 Å². The van der Waals surface area contributed by atoms with Crippen molar-refractivity contribution in [2.24, 2.45) is 35.2 Å². The minimum atomic E-state index is -2.02. The first-order valence-corrected chi connectivity index (χ1v) is 40.2. The van der Waals surface area contributed by atoms with Gasteiger partial charge in [0, 0.05) is 159 Å². The fourth-order valence-electron chi connectivity index (χ4n) is 16.2. The second kappa shape index (κ2) is 33.2. The lowest BCUT2D eigenvalue weighted by molar-refractivity contribution is -0.661. The van der Waals surface area contributed by atoms with Crippen molar-refractivity contribution in [3.63, 3.8) is 0 Å². The fraction of sp³-hybridized carbons (Fsp3) is 0.238. The Morgan fingerprint density at radius 1 is 0.267 bits per heavy atom. The van der Waals surface area contributed by atoms with Gasteiger partial charge in [-0.1, -0.05) is 123 Å². The molecule has 0 saturated heterocycles. The normalized spacial score (nSPS) is 15.2. The molecule has 0 amide bonds. The second-order valence-corrected chi connectivity index (χ2v) is 31.4. The van der Waals surface area contributed by atoms with Crippen LogP contribution in [-0.4, -0.2) is 24.9 Å². The highest BCUT2D eigenvalue weighted by Gasteiger charge is 2.28. The van der Waals surface area contributed by atoms with Crippen molar-refractivity contribution >= 4 is 110 Å². The minimum Gasteiger partial charge on any atom is -0.455 e. The summed E-state index contributed by atoms with van der Waals surface area (Å²) in [5.41, 5.74) is 28.6. The highest BCUT2D eigenvalue weighted by molar-refractivity contribution is 6.13. The minimum absolute atomic E-state index is 0.521. The van der Waals surface area contributed by atoms with Crippen LogP contribution in [0, 0.1) is 34.6 Å². The quantitative estimate of drug-likeness (QED) is 0.121. The molecule has 0 saturated carbocycles. The van der Waals surface area contributed by atoms with Gasteiger partial charge in [-0.25, -0.2) is 27.8 Å². The van der Waals surface area contributed by atoms with Crippen LogP contribution < -0.4 is 22.8 Å². The summed E-state index contributed by atoms with van der Waals surface area (Å²) >= 11 is 0. The van der Waals surface area contributed by atoms with Crippen molar-refractivity contribution in [3.8, 4) is 56.3 Å². The van der Waals surface area contributed by atoms with Gasteiger partial charge in [0.05, 0.1) is 34.0 Å². The first kappa shape index (κ1) is 63.7. The molecule has 15 aromatic heterocycles. The monoisotopic (exact) mass is 1600 g/mol. The average molecular weight is 1600 g/mol. The van der Waals surface area contributed by atoms with E-state index < -0.39 is 63.8 Å². The number of aromatic nitrogens is 10. The standard InChI is InChI=1S/5C21H21N2O/c1-13(2)15-6-8-18(23(4)12-15)20-14(3)5-7-17-16-9-10-22-11-19(16)24-21(17)20;1-13(2)15-6-8-18(23(4)12-15)20-14(3)5-7-16-17-11-22-10-9-19(17)24-21(16)20;1-13(2)15-8-10-17(23(4)12-15)19-14(3)7-9-16-20-18(24-21(16)19)6-5-11-22-20;1-13(2)15-8-10-18(23(4)12-15)19-14(3)7-9-16-17-6-5-11-22-21(17)24-20(16)19;1-13(2)15-9-10-17(23(4)12-15)19-14(3)11-22-20-16-7-5-6-8-18(16)24-21(19)20/h5*5-13H,1-4H3/q5*+1/i5*1D3. The van der Waals surface area contributed by atoms with Gasteiger partial charge >= 0.3 is 0 Å². The summed E-state index contributed by atoms with van der Waals surface area (Å²) in [6, 6.07) is 55.3. The molecular formula is C105H105N10O5+5. The maximum absolute atomic E-state index is 7.67. The van der Waals surface area contributed by atoms with Crippen molar-refractivity contribution in [2.45, 2.75) is 133 Å². The number of fused-ring (bicyclic) bond motifs is 15. The van der Waals surface area contributed by atoms with Gasteiger partial charge in [0.2, 0.25) is 34.2 Å². The molecule has 0 N–H and O–H groups in total. The van der Waals surface area contributed by atoms with Crippen LogP contribution >= 0.6 is 0 Å². The summed E-state index contributed by atoms with van der Waals surface area (Å²) in [7, 11) is 9.68. The van der Waals surface area contributed by atoms with E-state index >= 15 is 0 Å². The van der Waals surface area contributed by atoms with Crippen molar-refractivity contribution in [1.82, 2.24) is 24.9 Å². The number of aryl methyl sites for hydroxylation is 10. The Morgan fingerprint density at radius 3 is 1.12 bits per heavy atom. The molecule has 20 rings (SSSR count). The molecule has 15 heterocycles. The largest absolute Gasteiger partial charge is 0.455 e. The summed E-state index contributed by atoms with van der Waals surface area (Å²) < 4.78 is 156. The van der Waals surface area contributed by atoms with Gasteiger partial charge in [-0.15, -0.1) is 0 Å². The Hall–Kier alpha value is -13.4. The smallest absolute Gasteiger partial charge is 0.227 e. The molecule has 600 valence electrons. The molecule has 120 heavy (non-hydrogen) atoms. The summed E-state index contributed by atoms with van der Waals surface area (Å²) in [4.78, 5) is 21.7. The number of furan rings is 5. The molecule has 5 aromatic carbocycles. The van der Waals surface area contributed by atoms with Gasteiger partial charge in [-0.2, -0.15) is 0 Å². The predicted octanol–water partition coefficient (Wildman–Crippen LogP) is 24.5. The molecule has 0 aliphatic heterocycles. The molecule has 20 aromatic rings.